The molecule has 10 heteroatoms. The Morgan fingerprint density at radius 3 is 2.41 bits per heavy atom. The van der Waals surface area contributed by atoms with Gasteiger partial charge in [-0.3, -0.25) is 14.9 Å². The first kappa shape index (κ1) is 20.9. The lowest BCUT2D eigenvalue weighted by Gasteiger charge is -2.26. The van der Waals surface area contributed by atoms with Crippen molar-refractivity contribution in [1.82, 2.24) is 4.31 Å². The molecule has 2 aromatic carbocycles. The highest BCUT2D eigenvalue weighted by molar-refractivity contribution is 7.89. The van der Waals surface area contributed by atoms with Crippen molar-refractivity contribution in [1.29, 1.82) is 0 Å². The summed E-state index contributed by atoms with van der Waals surface area (Å²) < 4.78 is 32.5. The van der Waals surface area contributed by atoms with E-state index in [9.17, 15) is 23.3 Å². The number of non-ortho nitro benzene ring substituents is 1. The standard InChI is InChI=1S/C19H21N3O6S/c1-13-4-6-16(22(24)25)12-17(13)20-19(23)15-5-3-14(2)18(11-15)29(26,27)21-7-9-28-10-8-21/h3-6,11-12H,7-10H2,1-2H3,(H,20,23). The number of carbonyl (C=O) groups is 1. The molecule has 1 saturated heterocycles. The Balaban J connectivity index is 1.90. The zero-order chi connectivity index (χ0) is 21.2. The van der Waals surface area contributed by atoms with Crippen molar-refractivity contribution in [2.24, 2.45) is 0 Å². The molecule has 0 atom stereocenters. The second-order valence-corrected chi connectivity index (χ2v) is 8.61. The lowest BCUT2D eigenvalue weighted by Crippen LogP contribution is -2.40. The highest BCUT2D eigenvalue weighted by atomic mass is 32.2. The van der Waals surface area contributed by atoms with Crippen LogP contribution in [-0.2, 0) is 14.8 Å². The number of hydrogen-bond acceptors (Lipinski definition) is 6. The summed E-state index contributed by atoms with van der Waals surface area (Å²) in [6.45, 7) is 4.54. The lowest BCUT2D eigenvalue weighted by atomic mass is 10.1. The van der Waals surface area contributed by atoms with Gasteiger partial charge in [0.2, 0.25) is 10.0 Å². The van der Waals surface area contributed by atoms with Crippen LogP contribution in [0.15, 0.2) is 41.3 Å². The van der Waals surface area contributed by atoms with Gasteiger partial charge in [-0.25, -0.2) is 8.42 Å². The Hall–Kier alpha value is -2.82. The van der Waals surface area contributed by atoms with Gasteiger partial charge in [-0.15, -0.1) is 0 Å². The van der Waals surface area contributed by atoms with E-state index in [1.807, 2.05) is 0 Å². The molecule has 0 spiro atoms. The summed E-state index contributed by atoms with van der Waals surface area (Å²) in [5, 5.41) is 13.6. The SMILES string of the molecule is Cc1ccc([N+](=O)[O-])cc1NC(=O)c1ccc(C)c(S(=O)(=O)N2CCOCC2)c1. The van der Waals surface area contributed by atoms with Crippen molar-refractivity contribution >= 4 is 27.3 Å². The van der Waals surface area contributed by atoms with Gasteiger partial charge in [0.25, 0.3) is 11.6 Å². The third kappa shape index (κ3) is 4.44. The van der Waals surface area contributed by atoms with Crippen LogP contribution in [0.1, 0.15) is 21.5 Å². The Morgan fingerprint density at radius 2 is 1.76 bits per heavy atom. The average molecular weight is 419 g/mol. The molecule has 0 saturated carbocycles. The van der Waals surface area contributed by atoms with E-state index in [2.05, 4.69) is 5.32 Å². The number of anilines is 1. The lowest BCUT2D eigenvalue weighted by molar-refractivity contribution is -0.384. The van der Waals surface area contributed by atoms with Crippen LogP contribution in [0.2, 0.25) is 0 Å². The second kappa shape index (κ2) is 8.27. The molecule has 2 aromatic rings. The summed E-state index contributed by atoms with van der Waals surface area (Å²) in [7, 11) is -3.76. The number of amides is 1. The third-order valence-corrected chi connectivity index (χ3v) is 6.76. The van der Waals surface area contributed by atoms with Gasteiger partial charge in [-0.1, -0.05) is 12.1 Å². The normalized spacial score (nSPS) is 15.1. The molecule has 1 N–H and O–H groups in total. The number of carbonyl (C=O) groups excluding carboxylic acids is 1. The molecule has 1 fully saturated rings. The van der Waals surface area contributed by atoms with Gasteiger partial charge in [0.15, 0.2) is 0 Å². The molecule has 154 valence electrons. The maximum Gasteiger partial charge on any atom is 0.271 e. The minimum atomic E-state index is -3.76. The maximum absolute atomic E-state index is 13.0. The van der Waals surface area contributed by atoms with Gasteiger partial charge in [0.1, 0.15) is 0 Å². The van der Waals surface area contributed by atoms with Crippen molar-refractivity contribution in [3.8, 4) is 0 Å². The van der Waals surface area contributed by atoms with Crippen molar-refractivity contribution in [3.05, 3.63) is 63.2 Å². The van der Waals surface area contributed by atoms with Crippen LogP contribution in [0.3, 0.4) is 0 Å². The molecule has 0 radical (unpaired) electrons. The van der Waals surface area contributed by atoms with E-state index < -0.39 is 20.9 Å². The minimum absolute atomic E-state index is 0.0582. The summed E-state index contributed by atoms with van der Waals surface area (Å²) in [4.78, 5) is 23.2. The van der Waals surface area contributed by atoms with E-state index >= 15 is 0 Å². The van der Waals surface area contributed by atoms with Gasteiger partial charge in [0, 0.05) is 30.8 Å². The Bertz CT molecular complexity index is 1060. The van der Waals surface area contributed by atoms with Gasteiger partial charge >= 0.3 is 0 Å². The number of nitro groups is 1. The fourth-order valence-corrected chi connectivity index (χ4v) is 4.66. The zero-order valence-electron chi connectivity index (χ0n) is 16.0. The molecule has 0 unspecified atom stereocenters. The van der Waals surface area contributed by atoms with E-state index in [0.29, 0.717) is 30.0 Å². The molecule has 1 amide bonds. The number of nitrogens with one attached hydrogen (secondary N) is 1. The number of ether oxygens (including phenoxy) is 1. The van der Waals surface area contributed by atoms with Crippen LogP contribution >= 0.6 is 0 Å². The predicted molar refractivity (Wildman–Crippen MR) is 107 cm³/mol. The van der Waals surface area contributed by atoms with Crippen molar-refractivity contribution < 1.29 is 22.9 Å². The van der Waals surface area contributed by atoms with E-state index in [4.69, 9.17) is 4.74 Å². The number of nitrogens with zero attached hydrogens (tertiary/aromatic N) is 2. The smallest absolute Gasteiger partial charge is 0.271 e. The molecule has 9 nitrogen and oxygen atoms in total. The fraction of sp³-hybridized carbons (Fsp3) is 0.316. The van der Waals surface area contributed by atoms with Crippen molar-refractivity contribution in [2.75, 3.05) is 31.6 Å². The maximum atomic E-state index is 13.0. The van der Waals surface area contributed by atoms with Crippen LogP contribution in [0, 0.1) is 24.0 Å². The molecular formula is C19H21N3O6S. The largest absolute Gasteiger partial charge is 0.379 e. The molecule has 1 aliphatic heterocycles. The average Bonchev–Trinajstić information content (AvgIpc) is 2.70. The summed E-state index contributed by atoms with van der Waals surface area (Å²) >= 11 is 0. The van der Waals surface area contributed by atoms with E-state index in [1.165, 1.54) is 34.6 Å². The minimum Gasteiger partial charge on any atom is -0.379 e. The second-order valence-electron chi connectivity index (χ2n) is 6.71. The first-order valence-corrected chi connectivity index (χ1v) is 10.4. The number of morpholine rings is 1. The number of rotatable bonds is 5. The molecular weight excluding hydrogens is 398 g/mol. The van der Waals surface area contributed by atoms with Crippen molar-refractivity contribution in [2.45, 2.75) is 18.7 Å². The predicted octanol–water partition coefficient (Wildman–Crippen LogP) is 2.48. The number of hydrogen-bond donors (Lipinski definition) is 1. The van der Waals surface area contributed by atoms with Gasteiger partial charge < -0.3 is 10.1 Å². The summed E-state index contributed by atoms with van der Waals surface area (Å²) in [5.74, 6) is -0.549. The summed E-state index contributed by atoms with van der Waals surface area (Å²) in [5.41, 5.74) is 1.47. The van der Waals surface area contributed by atoms with E-state index in [0.717, 1.165) is 0 Å². The first-order valence-electron chi connectivity index (χ1n) is 8.95. The van der Waals surface area contributed by atoms with Gasteiger partial charge in [0.05, 0.1) is 28.7 Å². The molecule has 29 heavy (non-hydrogen) atoms. The fourth-order valence-electron chi connectivity index (χ4n) is 3.00. The van der Waals surface area contributed by atoms with Crippen molar-refractivity contribution in [3.63, 3.8) is 0 Å². The Kier molecular flexibility index (Phi) is 5.96. The van der Waals surface area contributed by atoms with E-state index in [-0.39, 0.29) is 29.2 Å². The molecule has 1 aliphatic rings. The zero-order valence-corrected chi connectivity index (χ0v) is 16.9. The molecule has 0 aromatic heterocycles. The van der Waals surface area contributed by atoms with Gasteiger partial charge in [-0.2, -0.15) is 4.31 Å². The van der Waals surface area contributed by atoms with Gasteiger partial charge in [-0.05, 0) is 37.1 Å². The molecule has 0 aliphatic carbocycles. The number of sulfonamides is 1. The van der Waals surface area contributed by atoms with Crippen LogP contribution in [-0.4, -0.2) is 49.9 Å². The van der Waals surface area contributed by atoms with E-state index in [1.54, 1.807) is 19.9 Å². The van der Waals surface area contributed by atoms with Crippen LogP contribution in [0.4, 0.5) is 11.4 Å². The Labute approximate surface area is 168 Å². The molecule has 3 rings (SSSR count). The summed E-state index contributed by atoms with van der Waals surface area (Å²) in [6.07, 6.45) is 0. The number of aryl methyl sites for hydroxylation is 2. The topological polar surface area (TPSA) is 119 Å². The molecule has 0 bridgehead atoms. The highest BCUT2D eigenvalue weighted by Gasteiger charge is 2.28. The summed E-state index contributed by atoms with van der Waals surface area (Å²) in [6, 6.07) is 8.59. The Morgan fingerprint density at radius 1 is 1.10 bits per heavy atom. The van der Waals surface area contributed by atoms with Crippen LogP contribution < -0.4 is 5.32 Å². The monoisotopic (exact) mass is 419 g/mol. The highest BCUT2D eigenvalue weighted by Crippen LogP contribution is 2.25. The first-order chi connectivity index (χ1) is 13.7. The van der Waals surface area contributed by atoms with Crippen LogP contribution in [0.5, 0.6) is 0 Å². The van der Waals surface area contributed by atoms with Crippen LogP contribution in [0.25, 0.3) is 0 Å². The number of nitro benzene ring substituents is 1. The molecule has 1 heterocycles. The third-order valence-electron chi connectivity index (χ3n) is 4.72. The number of benzene rings is 2. The quantitative estimate of drug-likeness (QED) is 0.587.